The highest BCUT2D eigenvalue weighted by Gasteiger charge is 2.09. The monoisotopic (exact) mass is 389 g/mol. The molecule has 0 atom stereocenters. The van der Waals surface area contributed by atoms with Gasteiger partial charge in [0.1, 0.15) is 5.75 Å². The van der Waals surface area contributed by atoms with Gasteiger partial charge in [-0.05, 0) is 60.0 Å². The first-order valence-electron chi connectivity index (χ1n) is 9.34. The van der Waals surface area contributed by atoms with Gasteiger partial charge in [0.2, 0.25) is 0 Å². The molecule has 3 aromatic rings. The number of nitrogens with one attached hydrogen (secondary N) is 2. The number of amides is 2. The van der Waals surface area contributed by atoms with Gasteiger partial charge in [-0.2, -0.15) is 0 Å². The summed E-state index contributed by atoms with van der Waals surface area (Å²) < 4.78 is 5.13. The van der Waals surface area contributed by atoms with E-state index in [1.807, 2.05) is 36.4 Å². The highest BCUT2D eigenvalue weighted by atomic mass is 16.5. The van der Waals surface area contributed by atoms with Gasteiger partial charge in [0.25, 0.3) is 11.8 Å². The van der Waals surface area contributed by atoms with E-state index in [9.17, 15) is 9.59 Å². The van der Waals surface area contributed by atoms with Crippen molar-refractivity contribution in [2.24, 2.45) is 0 Å². The topological polar surface area (TPSA) is 80.3 Å². The molecule has 6 nitrogen and oxygen atoms in total. The Balaban J connectivity index is 1.46. The highest BCUT2D eigenvalue weighted by molar-refractivity contribution is 5.97. The Morgan fingerprint density at radius 2 is 1.52 bits per heavy atom. The standard InChI is InChI=1S/C23H23N3O3/c1-29-21-10-4-17(5-11-21)12-14-25-22(27)19-6-8-20(9-7-19)23(28)26-16-18-3-2-13-24-15-18/h2-11,13,15H,12,14,16H2,1H3,(H,25,27)(H,26,28). The first-order chi connectivity index (χ1) is 14.2. The Labute approximate surface area is 169 Å². The molecule has 1 heterocycles. The lowest BCUT2D eigenvalue weighted by molar-refractivity contribution is 0.0940. The molecule has 0 aliphatic heterocycles. The second kappa shape index (κ2) is 10.0. The molecular weight excluding hydrogens is 366 g/mol. The van der Waals surface area contributed by atoms with Gasteiger partial charge in [-0.3, -0.25) is 14.6 Å². The van der Waals surface area contributed by atoms with Crippen LogP contribution in [0.1, 0.15) is 31.8 Å². The minimum atomic E-state index is -0.194. The van der Waals surface area contributed by atoms with Crippen LogP contribution in [0.3, 0.4) is 0 Å². The van der Waals surface area contributed by atoms with E-state index in [0.29, 0.717) is 24.2 Å². The Morgan fingerprint density at radius 1 is 0.862 bits per heavy atom. The van der Waals surface area contributed by atoms with E-state index < -0.39 is 0 Å². The number of carbonyl (C=O) groups is 2. The van der Waals surface area contributed by atoms with Crippen molar-refractivity contribution >= 4 is 11.8 Å². The molecule has 0 bridgehead atoms. The smallest absolute Gasteiger partial charge is 0.251 e. The zero-order valence-corrected chi connectivity index (χ0v) is 16.2. The van der Waals surface area contributed by atoms with Gasteiger partial charge in [-0.25, -0.2) is 0 Å². The fourth-order valence-electron chi connectivity index (χ4n) is 2.77. The molecule has 1 aromatic heterocycles. The minimum absolute atomic E-state index is 0.166. The molecule has 0 fully saturated rings. The van der Waals surface area contributed by atoms with Crippen LogP contribution in [-0.4, -0.2) is 30.5 Å². The lowest BCUT2D eigenvalue weighted by Gasteiger charge is -2.08. The Kier molecular flexibility index (Phi) is 6.95. The fourth-order valence-corrected chi connectivity index (χ4v) is 2.77. The highest BCUT2D eigenvalue weighted by Crippen LogP contribution is 2.11. The number of hydrogen-bond donors (Lipinski definition) is 2. The molecule has 0 aliphatic carbocycles. The molecule has 0 saturated heterocycles. The van der Waals surface area contributed by atoms with Crippen molar-refractivity contribution in [3.63, 3.8) is 0 Å². The van der Waals surface area contributed by atoms with Crippen molar-refractivity contribution in [2.45, 2.75) is 13.0 Å². The number of carbonyl (C=O) groups excluding carboxylic acids is 2. The third-order valence-corrected chi connectivity index (χ3v) is 4.44. The van der Waals surface area contributed by atoms with Crippen molar-refractivity contribution in [1.29, 1.82) is 0 Å². The normalized spacial score (nSPS) is 10.2. The molecule has 0 unspecified atom stereocenters. The molecule has 2 N–H and O–H groups in total. The molecule has 0 saturated carbocycles. The van der Waals surface area contributed by atoms with Crippen LogP contribution < -0.4 is 15.4 Å². The summed E-state index contributed by atoms with van der Waals surface area (Å²) in [6, 6.07) is 18.1. The van der Waals surface area contributed by atoms with Crippen molar-refractivity contribution in [3.05, 3.63) is 95.3 Å². The van der Waals surface area contributed by atoms with Crippen molar-refractivity contribution in [2.75, 3.05) is 13.7 Å². The van der Waals surface area contributed by atoms with Crippen LogP contribution in [0.25, 0.3) is 0 Å². The molecule has 0 radical (unpaired) electrons. The summed E-state index contributed by atoms with van der Waals surface area (Å²) in [6.07, 6.45) is 4.12. The van der Waals surface area contributed by atoms with Crippen molar-refractivity contribution in [3.8, 4) is 5.75 Å². The van der Waals surface area contributed by atoms with E-state index in [1.165, 1.54) is 0 Å². The summed E-state index contributed by atoms with van der Waals surface area (Å²) >= 11 is 0. The summed E-state index contributed by atoms with van der Waals surface area (Å²) in [6.45, 7) is 0.929. The van der Waals surface area contributed by atoms with Crippen LogP contribution in [0, 0.1) is 0 Å². The zero-order valence-electron chi connectivity index (χ0n) is 16.2. The van der Waals surface area contributed by atoms with E-state index in [4.69, 9.17) is 4.74 Å². The molecule has 0 spiro atoms. The third-order valence-electron chi connectivity index (χ3n) is 4.44. The number of nitrogens with zero attached hydrogens (tertiary/aromatic N) is 1. The first kappa shape index (κ1) is 20.1. The maximum Gasteiger partial charge on any atom is 0.251 e. The van der Waals surface area contributed by atoms with Crippen molar-refractivity contribution < 1.29 is 14.3 Å². The lowest BCUT2D eigenvalue weighted by Crippen LogP contribution is -2.26. The second-order valence-corrected chi connectivity index (χ2v) is 6.48. The number of hydrogen-bond acceptors (Lipinski definition) is 4. The molecule has 2 aromatic carbocycles. The molecule has 6 heteroatoms. The number of benzene rings is 2. The molecule has 0 aliphatic rings. The van der Waals surface area contributed by atoms with E-state index in [2.05, 4.69) is 15.6 Å². The maximum atomic E-state index is 12.3. The van der Waals surface area contributed by atoms with E-state index in [1.54, 1.807) is 43.8 Å². The van der Waals surface area contributed by atoms with Gasteiger partial charge >= 0.3 is 0 Å². The van der Waals surface area contributed by atoms with Gasteiger partial charge in [-0.1, -0.05) is 18.2 Å². The fraction of sp³-hybridized carbons (Fsp3) is 0.174. The maximum absolute atomic E-state index is 12.3. The summed E-state index contributed by atoms with van der Waals surface area (Å²) in [5, 5.41) is 5.73. The van der Waals surface area contributed by atoms with E-state index >= 15 is 0 Å². The zero-order chi connectivity index (χ0) is 20.5. The van der Waals surface area contributed by atoms with Crippen LogP contribution in [-0.2, 0) is 13.0 Å². The Bertz CT molecular complexity index is 939. The SMILES string of the molecule is COc1ccc(CCNC(=O)c2ccc(C(=O)NCc3cccnc3)cc2)cc1. The summed E-state index contributed by atoms with van der Waals surface area (Å²) in [4.78, 5) is 28.5. The van der Waals surface area contributed by atoms with Crippen LogP contribution in [0.4, 0.5) is 0 Å². The predicted octanol–water partition coefficient (Wildman–Crippen LogP) is 2.99. The van der Waals surface area contributed by atoms with E-state index in [0.717, 1.165) is 23.3 Å². The van der Waals surface area contributed by atoms with E-state index in [-0.39, 0.29) is 11.8 Å². The van der Waals surface area contributed by atoms with Gasteiger partial charge in [0.05, 0.1) is 7.11 Å². The Hall–Kier alpha value is -3.67. The largest absolute Gasteiger partial charge is 0.497 e. The minimum Gasteiger partial charge on any atom is -0.497 e. The predicted molar refractivity (Wildman–Crippen MR) is 111 cm³/mol. The van der Waals surface area contributed by atoms with Gasteiger partial charge in [0, 0.05) is 36.6 Å². The van der Waals surface area contributed by atoms with Crippen LogP contribution in [0.15, 0.2) is 73.1 Å². The summed E-state index contributed by atoms with van der Waals surface area (Å²) in [5.41, 5.74) is 3.06. The molecule has 2 amide bonds. The number of ether oxygens (including phenoxy) is 1. The summed E-state index contributed by atoms with van der Waals surface area (Å²) in [5.74, 6) is 0.448. The number of methoxy groups -OCH3 is 1. The average molecular weight is 389 g/mol. The van der Waals surface area contributed by atoms with Crippen LogP contribution >= 0.6 is 0 Å². The number of rotatable bonds is 8. The molecule has 29 heavy (non-hydrogen) atoms. The third kappa shape index (κ3) is 5.90. The lowest BCUT2D eigenvalue weighted by atomic mass is 10.1. The summed E-state index contributed by atoms with van der Waals surface area (Å²) in [7, 11) is 1.63. The van der Waals surface area contributed by atoms with Crippen LogP contribution in [0.5, 0.6) is 5.75 Å². The van der Waals surface area contributed by atoms with Gasteiger partial charge in [0.15, 0.2) is 0 Å². The molecule has 148 valence electrons. The van der Waals surface area contributed by atoms with Gasteiger partial charge in [-0.15, -0.1) is 0 Å². The van der Waals surface area contributed by atoms with Crippen molar-refractivity contribution in [1.82, 2.24) is 15.6 Å². The second-order valence-electron chi connectivity index (χ2n) is 6.48. The number of pyridine rings is 1. The average Bonchev–Trinajstić information content (AvgIpc) is 2.78. The molecular formula is C23H23N3O3. The van der Waals surface area contributed by atoms with Gasteiger partial charge < -0.3 is 15.4 Å². The number of aromatic nitrogens is 1. The quantitative estimate of drug-likeness (QED) is 0.621. The van der Waals surface area contributed by atoms with Crippen LogP contribution in [0.2, 0.25) is 0 Å². The first-order valence-corrected chi connectivity index (χ1v) is 9.34. The molecule has 3 rings (SSSR count). The Morgan fingerprint density at radius 3 is 2.10 bits per heavy atom.